The molecule has 2 heterocycles. The summed E-state index contributed by atoms with van der Waals surface area (Å²) in [5, 5.41) is 3.90. The van der Waals surface area contributed by atoms with Gasteiger partial charge in [0.2, 0.25) is 5.91 Å². The third kappa shape index (κ3) is 3.97. The number of oxazole rings is 1. The highest BCUT2D eigenvalue weighted by Crippen LogP contribution is 2.31. The van der Waals surface area contributed by atoms with E-state index in [2.05, 4.69) is 29.0 Å². The Balaban J connectivity index is 1.44. The van der Waals surface area contributed by atoms with Gasteiger partial charge in [-0.2, -0.15) is 4.98 Å². The summed E-state index contributed by atoms with van der Waals surface area (Å²) in [5.41, 5.74) is 4.70. The smallest absolute Gasteiger partial charge is 0.298 e. The first kappa shape index (κ1) is 19.8. The molecular formula is C23H26ClN3O2. The Bertz CT molecular complexity index is 989. The summed E-state index contributed by atoms with van der Waals surface area (Å²) in [6.07, 6.45) is 3.19. The quantitative estimate of drug-likeness (QED) is 0.605. The van der Waals surface area contributed by atoms with Crippen LogP contribution in [0.4, 0.5) is 11.7 Å². The van der Waals surface area contributed by atoms with Crippen LogP contribution in [0.2, 0.25) is 5.02 Å². The summed E-state index contributed by atoms with van der Waals surface area (Å²) in [7, 11) is 0. The van der Waals surface area contributed by atoms with Crippen molar-refractivity contribution in [3.63, 3.8) is 0 Å². The van der Waals surface area contributed by atoms with Gasteiger partial charge in [-0.3, -0.25) is 4.79 Å². The van der Waals surface area contributed by atoms with Crippen LogP contribution in [0, 0.1) is 5.92 Å². The zero-order valence-electron chi connectivity index (χ0n) is 16.9. The molecule has 0 spiro atoms. The highest BCUT2D eigenvalue weighted by Gasteiger charge is 2.28. The molecule has 1 N–H and O–H groups in total. The van der Waals surface area contributed by atoms with Crippen LogP contribution in [0.3, 0.4) is 0 Å². The van der Waals surface area contributed by atoms with E-state index in [-0.39, 0.29) is 11.8 Å². The zero-order chi connectivity index (χ0) is 20.4. The SMILES string of the molecule is CCc1ccc(Cl)c(CC)c1NC(=O)C1CCN(c2nc3ccccc3o2)CC1. The van der Waals surface area contributed by atoms with Gasteiger partial charge in [0.25, 0.3) is 6.01 Å². The minimum absolute atomic E-state index is 0.0241. The highest BCUT2D eigenvalue weighted by atomic mass is 35.5. The molecule has 1 aromatic heterocycles. The number of hydrogen-bond donors (Lipinski definition) is 1. The van der Waals surface area contributed by atoms with Crippen LogP contribution >= 0.6 is 11.6 Å². The summed E-state index contributed by atoms with van der Waals surface area (Å²) in [6.45, 7) is 5.66. The molecule has 0 aliphatic carbocycles. The zero-order valence-corrected chi connectivity index (χ0v) is 17.6. The molecule has 1 fully saturated rings. The molecule has 0 unspecified atom stereocenters. The normalized spacial score (nSPS) is 15.1. The topological polar surface area (TPSA) is 58.4 Å². The Labute approximate surface area is 176 Å². The fourth-order valence-corrected chi connectivity index (χ4v) is 4.31. The number of rotatable bonds is 5. The van der Waals surface area contributed by atoms with Crippen molar-refractivity contribution in [2.24, 2.45) is 5.92 Å². The van der Waals surface area contributed by atoms with Crippen molar-refractivity contribution in [3.8, 4) is 0 Å². The lowest BCUT2D eigenvalue weighted by Gasteiger charge is -2.30. The van der Waals surface area contributed by atoms with E-state index in [0.29, 0.717) is 11.0 Å². The van der Waals surface area contributed by atoms with Gasteiger partial charge in [-0.1, -0.05) is 43.6 Å². The van der Waals surface area contributed by atoms with Crippen LogP contribution in [0.25, 0.3) is 11.1 Å². The first-order valence-corrected chi connectivity index (χ1v) is 10.7. The minimum Gasteiger partial charge on any atom is -0.423 e. The van der Waals surface area contributed by atoms with E-state index < -0.39 is 0 Å². The average molecular weight is 412 g/mol. The van der Waals surface area contributed by atoms with Crippen LogP contribution in [-0.4, -0.2) is 24.0 Å². The lowest BCUT2D eigenvalue weighted by molar-refractivity contribution is -0.120. The summed E-state index contributed by atoms with van der Waals surface area (Å²) in [4.78, 5) is 19.7. The van der Waals surface area contributed by atoms with E-state index in [1.54, 1.807) is 0 Å². The van der Waals surface area contributed by atoms with E-state index in [4.69, 9.17) is 16.0 Å². The Hall–Kier alpha value is -2.53. The van der Waals surface area contributed by atoms with Gasteiger partial charge in [-0.25, -0.2) is 0 Å². The van der Waals surface area contributed by atoms with Crippen LogP contribution in [0.15, 0.2) is 40.8 Å². The maximum absolute atomic E-state index is 13.0. The predicted molar refractivity (Wildman–Crippen MR) is 118 cm³/mol. The van der Waals surface area contributed by atoms with Crippen molar-refractivity contribution < 1.29 is 9.21 Å². The number of aryl methyl sites for hydroxylation is 1. The molecule has 5 nitrogen and oxygen atoms in total. The number of carbonyl (C=O) groups excluding carboxylic acids is 1. The number of fused-ring (bicyclic) bond motifs is 1. The lowest BCUT2D eigenvalue weighted by Crippen LogP contribution is -2.38. The number of carbonyl (C=O) groups is 1. The number of anilines is 2. The molecule has 0 radical (unpaired) electrons. The molecule has 3 aromatic rings. The van der Waals surface area contributed by atoms with Crippen LogP contribution in [-0.2, 0) is 17.6 Å². The lowest BCUT2D eigenvalue weighted by atomic mass is 9.95. The second-order valence-corrected chi connectivity index (χ2v) is 7.89. The second-order valence-electron chi connectivity index (χ2n) is 7.48. The predicted octanol–water partition coefficient (Wildman–Crippen LogP) is 5.46. The van der Waals surface area contributed by atoms with Crippen LogP contribution in [0.1, 0.15) is 37.8 Å². The highest BCUT2D eigenvalue weighted by molar-refractivity contribution is 6.32. The molecule has 6 heteroatoms. The van der Waals surface area contributed by atoms with Crippen molar-refractivity contribution >= 4 is 40.3 Å². The molecule has 152 valence electrons. The maximum atomic E-state index is 13.0. The number of aromatic nitrogens is 1. The minimum atomic E-state index is -0.0241. The third-order valence-electron chi connectivity index (χ3n) is 5.74. The molecule has 2 aromatic carbocycles. The number of benzene rings is 2. The third-order valence-corrected chi connectivity index (χ3v) is 6.10. The number of nitrogens with zero attached hydrogens (tertiary/aromatic N) is 2. The van der Waals surface area contributed by atoms with Crippen molar-refractivity contribution in [2.75, 3.05) is 23.3 Å². The van der Waals surface area contributed by atoms with Gasteiger partial charge in [0.1, 0.15) is 5.52 Å². The van der Waals surface area contributed by atoms with E-state index in [0.717, 1.165) is 66.7 Å². The number of halogens is 1. The molecule has 0 bridgehead atoms. The summed E-state index contributed by atoms with van der Waals surface area (Å²) in [5.74, 6) is 0.0536. The average Bonchev–Trinajstić information content (AvgIpc) is 3.18. The van der Waals surface area contributed by atoms with Crippen molar-refractivity contribution in [2.45, 2.75) is 39.5 Å². The van der Waals surface area contributed by atoms with Gasteiger partial charge in [0.05, 0.1) is 0 Å². The van der Waals surface area contributed by atoms with Gasteiger partial charge >= 0.3 is 0 Å². The number of para-hydroxylation sites is 2. The Morgan fingerprint density at radius 1 is 1.17 bits per heavy atom. The molecular weight excluding hydrogens is 386 g/mol. The largest absolute Gasteiger partial charge is 0.423 e. The molecule has 1 amide bonds. The fraction of sp³-hybridized carbons (Fsp3) is 0.391. The summed E-state index contributed by atoms with van der Waals surface area (Å²) in [6, 6.07) is 12.3. The summed E-state index contributed by atoms with van der Waals surface area (Å²) >= 11 is 6.37. The maximum Gasteiger partial charge on any atom is 0.298 e. The number of hydrogen-bond acceptors (Lipinski definition) is 4. The fourth-order valence-electron chi connectivity index (χ4n) is 4.02. The van der Waals surface area contributed by atoms with Crippen molar-refractivity contribution in [1.82, 2.24) is 4.98 Å². The van der Waals surface area contributed by atoms with E-state index in [9.17, 15) is 4.79 Å². The first-order chi connectivity index (χ1) is 14.1. The van der Waals surface area contributed by atoms with E-state index >= 15 is 0 Å². The molecule has 29 heavy (non-hydrogen) atoms. The molecule has 4 rings (SSSR count). The van der Waals surface area contributed by atoms with Gasteiger partial charge in [0.15, 0.2) is 5.58 Å². The monoisotopic (exact) mass is 411 g/mol. The van der Waals surface area contributed by atoms with Crippen molar-refractivity contribution in [1.29, 1.82) is 0 Å². The first-order valence-electron chi connectivity index (χ1n) is 10.3. The molecule has 0 atom stereocenters. The van der Waals surface area contributed by atoms with Gasteiger partial charge in [0, 0.05) is 29.7 Å². The Morgan fingerprint density at radius 3 is 2.62 bits per heavy atom. The summed E-state index contributed by atoms with van der Waals surface area (Å²) < 4.78 is 5.87. The molecule has 1 saturated heterocycles. The van der Waals surface area contributed by atoms with Crippen LogP contribution < -0.4 is 10.2 Å². The molecule has 1 aliphatic rings. The number of nitrogens with one attached hydrogen (secondary N) is 1. The van der Waals surface area contributed by atoms with E-state index in [1.807, 2.05) is 36.4 Å². The van der Waals surface area contributed by atoms with Gasteiger partial charge in [-0.05, 0) is 55.0 Å². The van der Waals surface area contributed by atoms with Gasteiger partial charge < -0.3 is 14.6 Å². The standard InChI is InChI=1S/C23H26ClN3O2/c1-3-15-9-10-18(24)17(4-2)21(15)26-22(28)16-11-13-27(14-12-16)23-25-19-7-5-6-8-20(19)29-23/h5-10,16H,3-4,11-14H2,1-2H3,(H,26,28). The Morgan fingerprint density at radius 2 is 1.93 bits per heavy atom. The molecule has 0 saturated carbocycles. The second kappa shape index (κ2) is 8.46. The molecule has 1 aliphatic heterocycles. The number of amides is 1. The number of piperidine rings is 1. The van der Waals surface area contributed by atoms with E-state index in [1.165, 1.54) is 0 Å². The van der Waals surface area contributed by atoms with Gasteiger partial charge in [-0.15, -0.1) is 0 Å². The van der Waals surface area contributed by atoms with Crippen LogP contribution in [0.5, 0.6) is 0 Å². The van der Waals surface area contributed by atoms with Crippen molar-refractivity contribution in [3.05, 3.63) is 52.5 Å². The Kier molecular flexibility index (Phi) is 5.76.